The molecule has 0 amide bonds. The Morgan fingerprint density at radius 3 is 2.56 bits per heavy atom. The van der Waals surface area contributed by atoms with Crippen molar-refractivity contribution >= 4 is 11.6 Å². The first-order valence-corrected chi connectivity index (χ1v) is 7.07. The van der Waals surface area contributed by atoms with Crippen LogP contribution < -0.4 is 5.73 Å². The summed E-state index contributed by atoms with van der Waals surface area (Å²) in [4.78, 5) is 2.52. The van der Waals surface area contributed by atoms with Gasteiger partial charge >= 0.3 is 0 Å². The van der Waals surface area contributed by atoms with Crippen molar-refractivity contribution in [3.63, 3.8) is 0 Å². The van der Waals surface area contributed by atoms with Crippen molar-refractivity contribution < 1.29 is 0 Å². The lowest BCUT2D eigenvalue weighted by atomic mass is 9.93. The lowest BCUT2D eigenvalue weighted by Gasteiger charge is -2.21. The molecule has 0 aliphatic carbocycles. The summed E-state index contributed by atoms with van der Waals surface area (Å²) in [6.07, 6.45) is 2.31. The van der Waals surface area contributed by atoms with E-state index in [9.17, 15) is 0 Å². The van der Waals surface area contributed by atoms with Crippen LogP contribution in [0.3, 0.4) is 0 Å². The summed E-state index contributed by atoms with van der Waals surface area (Å²) in [5, 5.41) is 0.771. The number of nitrogens with two attached hydrogens (primary N) is 1. The largest absolute Gasteiger partial charge is 0.324 e. The molecule has 1 aromatic carbocycles. The summed E-state index contributed by atoms with van der Waals surface area (Å²) < 4.78 is 0. The number of likely N-dealkylation sites (tertiary alicyclic amines) is 1. The van der Waals surface area contributed by atoms with Crippen LogP contribution in [0.1, 0.15) is 38.3 Å². The van der Waals surface area contributed by atoms with Gasteiger partial charge < -0.3 is 10.6 Å². The first kappa shape index (κ1) is 13.9. The molecule has 1 aliphatic heterocycles. The zero-order valence-corrected chi connectivity index (χ0v) is 12.1. The molecule has 0 radical (unpaired) electrons. The standard InChI is InChI=1S/C15H23ClN2/c1-15(2)8-10-18(11-15)9-7-14(17)12-3-5-13(16)6-4-12/h3-6,14H,7-11,17H2,1-2H3. The lowest BCUT2D eigenvalue weighted by molar-refractivity contribution is 0.281. The summed E-state index contributed by atoms with van der Waals surface area (Å²) in [6, 6.07) is 8.00. The van der Waals surface area contributed by atoms with E-state index < -0.39 is 0 Å². The highest BCUT2D eigenvalue weighted by molar-refractivity contribution is 6.30. The number of hydrogen-bond donors (Lipinski definition) is 1. The number of hydrogen-bond acceptors (Lipinski definition) is 2. The SMILES string of the molecule is CC1(C)CCN(CCC(N)c2ccc(Cl)cc2)C1. The molecule has 0 aromatic heterocycles. The first-order chi connectivity index (χ1) is 8.46. The molecule has 100 valence electrons. The molecule has 1 saturated heterocycles. The molecular weight excluding hydrogens is 244 g/mol. The van der Waals surface area contributed by atoms with Gasteiger partial charge in [-0.15, -0.1) is 0 Å². The van der Waals surface area contributed by atoms with Gasteiger partial charge in [-0.25, -0.2) is 0 Å². The van der Waals surface area contributed by atoms with Gasteiger partial charge in [0.05, 0.1) is 0 Å². The average Bonchev–Trinajstić information content (AvgIpc) is 2.67. The maximum absolute atomic E-state index is 6.22. The molecule has 1 heterocycles. The van der Waals surface area contributed by atoms with Gasteiger partial charge in [-0.3, -0.25) is 0 Å². The number of halogens is 1. The van der Waals surface area contributed by atoms with Gasteiger partial charge in [0.2, 0.25) is 0 Å². The molecule has 1 unspecified atom stereocenters. The van der Waals surface area contributed by atoms with Crippen molar-refractivity contribution in [2.24, 2.45) is 11.1 Å². The quantitative estimate of drug-likeness (QED) is 0.904. The molecule has 0 saturated carbocycles. The van der Waals surface area contributed by atoms with E-state index in [4.69, 9.17) is 17.3 Å². The number of nitrogens with zero attached hydrogens (tertiary/aromatic N) is 1. The van der Waals surface area contributed by atoms with Crippen LogP contribution in [-0.4, -0.2) is 24.5 Å². The van der Waals surface area contributed by atoms with E-state index in [0.29, 0.717) is 5.41 Å². The second kappa shape index (κ2) is 5.60. The Morgan fingerprint density at radius 1 is 1.33 bits per heavy atom. The second-order valence-corrected chi connectivity index (χ2v) is 6.57. The Kier molecular flexibility index (Phi) is 4.31. The third-order valence-electron chi connectivity index (χ3n) is 3.81. The fraction of sp³-hybridized carbons (Fsp3) is 0.600. The summed E-state index contributed by atoms with van der Waals surface area (Å²) in [5.74, 6) is 0. The minimum Gasteiger partial charge on any atom is -0.324 e. The van der Waals surface area contributed by atoms with Crippen LogP contribution in [0.2, 0.25) is 5.02 Å². The predicted octanol–water partition coefficient (Wildman–Crippen LogP) is 3.46. The zero-order valence-electron chi connectivity index (χ0n) is 11.3. The highest BCUT2D eigenvalue weighted by atomic mass is 35.5. The highest BCUT2D eigenvalue weighted by Crippen LogP contribution is 2.29. The van der Waals surface area contributed by atoms with E-state index in [2.05, 4.69) is 18.7 Å². The van der Waals surface area contributed by atoms with Crippen LogP contribution in [0, 0.1) is 5.41 Å². The molecular formula is C15H23ClN2. The Bertz CT molecular complexity index is 386. The van der Waals surface area contributed by atoms with Crippen molar-refractivity contribution in [1.82, 2.24) is 4.90 Å². The van der Waals surface area contributed by atoms with Gasteiger partial charge in [0.25, 0.3) is 0 Å². The van der Waals surface area contributed by atoms with E-state index in [1.165, 1.54) is 25.1 Å². The summed E-state index contributed by atoms with van der Waals surface area (Å²) in [5.41, 5.74) is 7.88. The van der Waals surface area contributed by atoms with Crippen molar-refractivity contribution in [3.8, 4) is 0 Å². The third-order valence-corrected chi connectivity index (χ3v) is 4.06. The fourth-order valence-electron chi connectivity index (χ4n) is 2.61. The average molecular weight is 267 g/mol. The van der Waals surface area contributed by atoms with Gasteiger partial charge in [0.1, 0.15) is 0 Å². The molecule has 0 bridgehead atoms. The second-order valence-electron chi connectivity index (χ2n) is 6.14. The molecule has 0 spiro atoms. The third kappa shape index (κ3) is 3.71. The number of benzene rings is 1. The minimum atomic E-state index is 0.117. The monoisotopic (exact) mass is 266 g/mol. The van der Waals surface area contributed by atoms with E-state index in [1.54, 1.807) is 0 Å². The van der Waals surface area contributed by atoms with Crippen LogP contribution in [0.15, 0.2) is 24.3 Å². The van der Waals surface area contributed by atoms with Crippen molar-refractivity contribution in [1.29, 1.82) is 0 Å². The van der Waals surface area contributed by atoms with Crippen molar-refractivity contribution in [3.05, 3.63) is 34.9 Å². The van der Waals surface area contributed by atoms with E-state index in [0.717, 1.165) is 18.0 Å². The molecule has 1 aromatic rings. The molecule has 1 fully saturated rings. The molecule has 1 atom stereocenters. The van der Waals surface area contributed by atoms with Crippen LogP contribution in [0.5, 0.6) is 0 Å². The molecule has 3 heteroatoms. The van der Waals surface area contributed by atoms with Gasteiger partial charge in [0, 0.05) is 17.6 Å². The van der Waals surface area contributed by atoms with Gasteiger partial charge in [-0.1, -0.05) is 37.6 Å². The molecule has 2 N–H and O–H groups in total. The number of rotatable bonds is 4. The Balaban J connectivity index is 1.82. The topological polar surface area (TPSA) is 29.3 Å². The molecule has 2 nitrogen and oxygen atoms in total. The summed E-state index contributed by atoms with van der Waals surface area (Å²) in [6.45, 7) is 8.17. The molecule has 1 aliphatic rings. The van der Waals surface area contributed by atoms with Crippen LogP contribution >= 0.6 is 11.6 Å². The van der Waals surface area contributed by atoms with E-state index in [1.807, 2.05) is 24.3 Å². The fourth-order valence-corrected chi connectivity index (χ4v) is 2.74. The van der Waals surface area contributed by atoms with Crippen LogP contribution in [-0.2, 0) is 0 Å². The minimum absolute atomic E-state index is 0.117. The van der Waals surface area contributed by atoms with E-state index >= 15 is 0 Å². The summed E-state index contributed by atoms with van der Waals surface area (Å²) in [7, 11) is 0. The lowest BCUT2D eigenvalue weighted by Crippen LogP contribution is -2.27. The van der Waals surface area contributed by atoms with Crippen molar-refractivity contribution in [2.45, 2.75) is 32.7 Å². The molecule has 18 heavy (non-hydrogen) atoms. The summed E-state index contributed by atoms with van der Waals surface area (Å²) >= 11 is 5.88. The Labute approximate surface area is 115 Å². The normalized spacial score (nSPS) is 21.1. The molecule has 2 rings (SSSR count). The van der Waals surface area contributed by atoms with E-state index in [-0.39, 0.29) is 6.04 Å². The zero-order chi connectivity index (χ0) is 13.2. The van der Waals surface area contributed by atoms with Crippen LogP contribution in [0.4, 0.5) is 0 Å². The Hall–Kier alpha value is -0.570. The van der Waals surface area contributed by atoms with Gasteiger partial charge in [-0.2, -0.15) is 0 Å². The van der Waals surface area contributed by atoms with Gasteiger partial charge in [-0.05, 0) is 49.0 Å². The van der Waals surface area contributed by atoms with Crippen LogP contribution in [0.25, 0.3) is 0 Å². The smallest absolute Gasteiger partial charge is 0.0406 e. The van der Waals surface area contributed by atoms with Crippen molar-refractivity contribution in [2.75, 3.05) is 19.6 Å². The van der Waals surface area contributed by atoms with Gasteiger partial charge in [0.15, 0.2) is 0 Å². The highest BCUT2D eigenvalue weighted by Gasteiger charge is 2.28. The first-order valence-electron chi connectivity index (χ1n) is 6.70. The predicted molar refractivity (Wildman–Crippen MR) is 77.8 cm³/mol. The Morgan fingerprint density at radius 2 is 2.00 bits per heavy atom. The maximum Gasteiger partial charge on any atom is 0.0406 e. The maximum atomic E-state index is 6.22.